The molecule has 1 atom stereocenters. The van der Waals surface area contributed by atoms with Crippen molar-refractivity contribution in [3.8, 4) is 5.75 Å². The van der Waals surface area contributed by atoms with Crippen LogP contribution >= 0.6 is 0 Å². The normalized spacial score (nSPS) is 19.6. The Bertz CT molecular complexity index is 793. The lowest BCUT2D eigenvalue weighted by Gasteiger charge is -2.33. The van der Waals surface area contributed by atoms with E-state index in [-0.39, 0.29) is 11.9 Å². The summed E-state index contributed by atoms with van der Waals surface area (Å²) in [6.45, 7) is 0.708. The molecule has 130 valence electrons. The van der Waals surface area contributed by atoms with Gasteiger partial charge in [-0.25, -0.2) is 9.97 Å². The Hall–Kier alpha value is -2.63. The van der Waals surface area contributed by atoms with Gasteiger partial charge in [-0.2, -0.15) is 0 Å². The Kier molecular flexibility index (Phi) is 4.26. The zero-order chi connectivity index (χ0) is 17.2. The molecule has 1 amide bonds. The number of fused-ring (bicyclic) bond motifs is 1. The van der Waals surface area contributed by atoms with Crippen molar-refractivity contribution in [1.82, 2.24) is 9.97 Å². The number of nitrogens with one attached hydrogen (secondary N) is 1. The number of amides is 1. The smallest absolute Gasteiger partial charge is 0.249 e. The van der Waals surface area contributed by atoms with Crippen LogP contribution in [0.2, 0.25) is 0 Å². The molecule has 1 unspecified atom stereocenters. The second-order valence-corrected chi connectivity index (χ2v) is 6.50. The SMILES string of the molecule is COc1ccccc1N1CCCC(Nc2ncnc3c2CCC3)C1=O. The first-order valence-electron chi connectivity index (χ1n) is 8.81. The van der Waals surface area contributed by atoms with Gasteiger partial charge in [-0.3, -0.25) is 4.79 Å². The van der Waals surface area contributed by atoms with Crippen LogP contribution in [0.5, 0.6) is 5.75 Å². The van der Waals surface area contributed by atoms with Crippen LogP contribution < -0.4 is 15.0 Å². The molecule has 1 aromatic carbocycles. The summed E-state index contributed by atoms with van der Waals surface area (Å²) in [5.74, 6) is 1.61. The number of carbonyl (C=O) groups excluding carboxylic acids is 1. The fraction of sp³-hybridized carbons (Fsp3) is 0.421. The number of aryl methyl sites for hydroxylation is 1. The van der Waals surface area contributed by atoms with E-state index in [0.717, 1.165) is 55.1 Å². The molecule has 1 aliphatic heterocycles. The number of para-hydroxylation sites is 2. The van der Waals surface area contributed by atoms with Crippen molar-refractivity contribution in [2.75, 3.05) is 23.9 Å². The Morgan fingerprint density at radius 1 is 1.20 bits per heavy atom. The summed E-state index contributed by atoms with van der Waals surface area (Å²) in [6, 6.07) is 7.40. The number of carbonyl (C=O) groups is 1. The number of ether oxygens (including phenoxy) is 1. The Morgan fingerprint density at radius 2 is 2.08 bits per heavy atom. The minimum atomic E-state index is -0.265. The van der Waals surface area contributed by atoms with Crippen LogP contribution in [0.15, 0.2) is 30.6 Å². The monoisotopic (exact) mass is 338 g/mol. The lowest BCUT2D eigenvalue weighted by Crippen LogP contribution is -2.48. The molecule has 2 aliphatic rings. The first kappa shape index (κ1) is 15.9. The molecule has 0 spiro atoms. The Morgan fingerprint density at radius 3 is 2.96 bits per heavy atom. The number of methoxy groups -OCH3 is 1. The average Bonchev–Trinajstić information content (AvgIpc) is 3.13. The van der Waals surface area contributed by atoms with Crippen molar-refractivity contribution in [3.63, 3.8) is 0 Å². The highest BCUT2D eigenvalue weighted by Crippen LogP contribution is 2.32. The number of hydrogen-bond donors (Lipinski definition) is 1. The molecule has 2 heterocycles. The number of nitrogens with zero attached hydrogens (tertiary/aromatic N) is 3. The van der Waals surface area contributed by atoms with E-state index in [1.54, 1.807) is 13.4 Å². The second kappa shape index (κ2) is 6.70. The lowest BCUT2D eigenvalue weighted by molar-refractivity contribution is -0.120. The quantitative estimate of drug-likeness (QED) is 0.928. The third kappa shape index (κ3) is 2.92. The molecule has 0 saturated carbocycles. The number of rotatable bonds is 4. The summed E-state index contributed by atoms with van der Waals surface area (Å²) in [5.41, 5.74) is 3.11. The van der Waals surface area contributed by atoms with Crippen LogP contribution in [0.4, 0.5) is 11.5 Å². The second-order valence-electron chi connectivity index (χ2n) is 6.50. The van der Waals surface area contributed by atoms with Crippen LogP contribution in [-0.4, -0.2) is 35.6 Å². The molecular weight excluding hydrogens is 316 g/mol. The average molecular weight is 338 g/mol. The molecule has 2 aromatic rings. The Balaban J connectivity index is 1.58. The van der Waals surface area contributed by atoms with E-state index in [1.807, 2.05) is 29.2 Å². The van der Waals surface area contributed by atoms with Crippen LogP contribution in [0, 0.1) is 0 Å². The third-order valence-corrected chi connectivity index (χ3v) is 5.00. The predicted octanol–water partition coefficient (Wildman–Crippen LogP) is 2.58. The van der Waals surface area contributed by atoms with Gasteiger partial charge in [0.1, 0.15) is 23.9 Å². The molecule has 6 heteroatoms. The molecule has 0 bridgehead atoms. The van der Waals surface area contributed by atoms with Gasteiger partial charge in [-0.15, -0.1) is 0 Å². The molecule has 1 N–H and O–H groups in total. The molecule has 4 rings (SSSR count). The Labute approximate surface area is 147 Å². The fourth-order valence-corrected chi connectivity index (χ4v) is 3.75. The number of hydrogen-bond acceptors (Lipinski definition) is 5. The van der Waals surface area contributed by atoms with Crippen LogP contribution in [0.1, 0.15) is 30.5 Å². The maximum absolute atomic E-state index is 13.1. The minimum Gasteiger partial charge on any atom is -0.495 e. The van der Waals surface area contributed by atoms with E-state index in [0.29, 0.717) is 6.54 Å². The molecule has 0 radical (unpaired) electrons. The van der Waals surface area contributed by atoms with Crippen LogP contribution in [0.3, 0.4) is 0 Å². The van der Waals surface area contributed by atoms with Crippen LogP contribution in [-0.2, 0) is 17.6 Å². The van der Waals surface area contributed by atoms with E-state index in [2.05, 4.69) is 15.3 Å². The summed E-state index contributed by atoms with van der Waals surface area (Å²) in [4.78, 5) is 23.6. The minimum absolute atomic E-state index is 0.0705. The van der Waals surface area contributed by atoms with Gasteiger partial charge in [-0.05, 0) is 44.2 Å². The summed E-state index contributed by atoms with van der Waals surface area (Å²) in [7, 11) is 1.63. The largest absolute Gasteiger partial charge is 0.495 e. The molecule has 6 nitrogen and oxygen atoms in total. The topological polar surface area (TPSA) is 67.3 Å². The zero-order valence-corrected chi connectivity index (χ0v) is 14.4. The molecule has 25 heavy (non-hydrogen) atoms. The summed E-state index contributed by atoms with van der Waals surface area (Å²) < 4.78 is 5.43. The van der Waals surface area contributed by atoms with E-state index < -0.39 is 0 Å². The van der Waals surface area contributed by atoms with Crippen molar-refractivity contribution in [1.29, 1.82) is 0 Å². The van der Waals surface area contributed by atoms with Gasteiger partial charge in [0.2, 0.25) is 5.91 Å². The first-order valence-corrected chi connectivity index (χ1v) is 8.81. The van der Waals surface area contributed by atoms with E-state index in [1.165, 1.54) is 5.56 Å². The van der Waals surface area contributed by atoms with Gasteiger partial charge in [0, 0.05) is 17.8 Å². The zero-order valence-electron chi connectivity index (χ0n) is 14.4. The standard InChI is InChI=1S/C19H22N4O2/c1-25-17-10-3-2-9-16(17)23-11-5-8-15(19(23)24)22-18-13-6-4-7-14(13)20-12-21-18/h2-3,9-10,12,15H,4-8,11H2,1H3,(H,20,21,22). The summed E-state index contributed by atoms with van der Waals surface area (Å²) in [5, 5.41) is 3.39. The molecule has 1 saturated heterocycles. The van der Waals surface area contributed by atoms with Gasteiger partial charge >= 0.3 is 0 Å². The summed E-state index contributed by atoms with van der Waals surface area (Å²) in [6.07, 6.45) is 6.43. The van der Waals surface area contributed by atoms with E-state index in [9.17, 15) is 4.79 Å². The highest BCUT2D eigenvalue weighted by atomic mass is 16.5. The molecule has 1 aromatic heterocycles. The maximum Gasteiger partial charge on any atom is 0.249 e. The highest BCUT2D eigenvalue weighted by molar-refractivity contribution is 6.00. The van der Waals surface area contributed by atoms with E-state index in [4.69, 9.17) is 4.74 Å². The van der Waals surface area contributed by atoms with Crippen molar-refractivity contribution >= 4 is 17.4 Å². The van der Waals surface area contributed by atoms with Gasteiger partial charge < -0.3 is 15.0 Å². The highest BCUT2D eigenvalue weighted by Gasteiger charge is 2.32. The van der Waals surface area contributed by atoms with Crippen molar-refractivity contribution in [3.05, 3.63) is 41.9 Å². The van der Waals surface area contributed by atoms with Crippen LogP contribution in [0.25, 0.3) is 0 Å². The number of piperidine rings is 1. The number of anilines is 2. The van der Waals surface area contributed by atoms with E-state index >= 15 is 0 Å². The number of benzene rings is 1. The number of aromatic nitrogens is 2. The third-order valence-electron chi connectivity index (χ3n) is 5.00. The van der Waals surface area contributed by atoms with Crippen molar-refractivity contribution < 1.29 is 9.53 Å². The lowest BCUT2D eigenvalue weighted by atomic mass is 10.0. The molecular formula is C19H22N4O2. The summed E-state index contributed by atoms with van der Waals surface area (Å²) >= 11 is 0. The predicted molar refractivity (Wildman–Crippen MR) is 96.0 cm³/mol. The first-order chi connectivity index (χ1) is 12.3. The van der Waals surface area contributed by atoms with Crippen molar-refractivity contribution in [2.24, 2.45) is 0 Å². The van der Waals surface area contributed by atoms with Gasteiger partial charge in [0.05, 0.1) is 12.8 Å². The fourth-order valence-electron chi connectivity index (χ4n) is 3.75. The molecule has 1 aliphatic carbocycles. The molecule has 1 fully saturated rings. The van der Waals surface area contributed by atoms with Crippen molar-refractivity contribution in [2.45, 2.75) is 38.1 Å². The van der Waals surface area contributed by atoms with Gasteiger partial charge in [0.15, 0.2) is 0 Å². The van der Waals surface area contributed by atoms with Gasteiger partial charge in [-0.1, -0.05) is 12.1 Å². The maximum atomic E-state index is 13.1. The van der Waals surface area contributed by atoms with Gasteiger partial charge in [0.25, 0.3) is 0 Å².